The lowest BCUT2D eigenvalue weighted by Gasteiger charge is -2.33. The molecule has 1 saturated heterocycles. The number of β-amino-alcohol motifs (C(OH)–C–C–N with tert-alkyl or cyclic N) is 1. The second kappa shape index (κ2) is 8.54. The molecule has 2 aromatic rings. The molecule has 6 nitrogen and oxygen atoms in total. The zero-order valence-corrected chi connectivity index (χ0v) is 14.1. The molecule has 0 spiro atoms. The molecule has 1 N–H and O–H groups in total. The van der Waals surface area contributed by atoms with E-state index < -0.39 is 6.10 Å². The van der Waals surface area contributed by atoms with Crippen molar-refractivity contribution in [2.75, 3.05) is 26.2 Å². The maximum atomic E-state index is 10.2. The van der Waals surface area contributed by atoms with Gasteiger partial charge < -0.3 is 14.7 Å². The van der Waals surface area contributed by atoms with Gasteiger partial charge in [0.2, 0.25) is 0 Å². The smallest absolute Gasteiger partial charge is 0.137 e. The standard InChI is InChI=1S/C16H24N4O2S/c21-15(10-22-11-16-4-2-6-23-16)9-19-5-1-3-14(7-19)8-20-13-17-12-18-20/h2,4,6,12-15,21H,1,3,5,7-11H2/t14-,15-/m0/s1. The summed E-state index contributed by atoms with van der Waals surface area (Å²) in [5.41, 5.74) is 0. The Morgan fingerprint density at radius 3 is 3.22 bits per heavy atom. The number of nitrogens with zero attached hydrogens (tertiary/aromatic N) is 4. The fourth-order valence-electron chi connectivity index (χ4n) is 3.10. The molecule has 0 unspecified atom stereocenters. The number of likely N-dealkylation sites (tertiary alicyclic amines) is 1. The SMILES string of the molecule is O[C@H](COCc1cccs1)CN1CCC[C@H](Cn2cncn2)C1. The molecule has 0 bridgehead atoms. The molecule has 23 heavy (non-hydrogen) atoms. The molecular weight excluding hydrogens is 312 g/mol. The van der Waals surface area contributed by atoms with E-state index in [0.29, 0.717) is 25.7 Å². The van der Waals surface area contributed by atoms with Crippen molar-refractivity contribution in [3.63, 3.8) is 0 Å². The van der Waals surface area contributed by atoms with Gasteiger partial charge in [-0.25, -0.2) is 4.98 Å². The third kappa shape index (κ3) is 5.39. The van der Waals surface area contributed by atoms with Gasteiger partial charge in [0.25, 0.3) is 0 Å². The number of rotatable bonds is 8. The Balaban J connectivity index is 1.36. The summed E-state index contributed by atoms with van der Waals surface area (Å²) in [6, 6.07) is 4.07. The minimum atomic E-state index is -0.430. The minimum absolute atomic E-state index is 0.391. The summed E-state index contributed by atoms with van der Waals surface area (Å²) < 4.78 is 7.50. The first kappa shape index (κ1) is 16.6. The average Bonchev–Trinajstić information content (AvgIpc) is 3.21. The highest BCUT2D eigenvalue weighted by Crippen LogP contribution is 2.18. The van der Waals surface area contributed by atoms with E-state index in [-0.39, 0.29) is 0 Å². The molecule has 1 aliphatic heterocycles. The lowest BCUT2D eigenvalue weighted by Crippen LogP contribution is -2.42. The van der Waals surface area contributed by atoms with Crippen LogP contribution in [0.3, 0.4) is 0 Å². The monoisotopic (exact) mass is 336 g/mol. The van der Waals surface area contributed by atoms with Crippen LogP contribution in [0.4, 0.5) is 0 Å². The zero-order valence-electron chi connectivity index (χ0n) is 13.3. The van der Waals surface area contributed by atoms with Crippen LogP contribution in [0.5, 0.6) is 0 Å². The fraction of sp³-hybridized carbons (Fsp3) is 0.625. The average molecular weight is 336 g/mol. The van der Waals surface area contributed by atoms with Crippen molar-refractivity contribution < 1.29 is 9.84 Å². The minimum Gasteiger partial charge on any atom is -0.389 e. The van der Waals surface area contributed by atoms with Crippen molar-refractivity contribution in [3.05, 3.63) is 35.0 Å². The van der Waals surface area contributed by atoms with Crippen LogP contribution in [-0.2, 0) is 17.9 Å². The van der Waals surface area contributed by atoms with E-state index in [1.165, 1.54) is 17.7 Å². The second-order valence-corrected chi connectivity index (χ2v) is 7.17. The van der Waals surface area contributed by atoms with E-state index in [0.717, 1.165) is 19.6 Å². The van der Waals surface area contributed by atoms with E-state index in [9.17, 15) is 5.11 Å². The first-order valence-electron chi connectivity index (χ1n) is 8.12. The maximum absolute atomic E-state index is 10.2. The lowest BCUT2D eigenvalue weighted by atomic mass is 9.98. The summed E-state index contributed by atoms with van der Waals surface area (Å²) in [5, 5.41) is 16.4. The Kier molecular flexibility index (Phi) is 6.15. The van der Waals surface area contributed by atoms with Gasteiger partial charge in [-0.3, -0.25) is 4.68 Å². The van der Waals surface area contributed by atoms with Gasteiger partial charge in [-0.1, -0.05) is 6.07 Å². The molecule has 0 radical (unpaired) electrons. The topological polar surface area (TPSA) is 63.4 Å². The summed E-state index contributed by atoms with van der Waals surface area (Å²) in [6.45, 7) is 4.61. The van der Waals surface area contributed by atoms with Crippen LogP contribution < -0.4 is 0 Å². The summed E-state index contributed by atoms with van der Waals surface area (Å²) in [7, 11) is 0. The zero-order chi connectivity index (χ0) is 15.9. The Bertz CT molecular complexity index is 546. The van der Waals surface area contributed by atoms with Crippen LogP contribution in [0.1, 0.15) is 17.7 Å². The molecule has 0 aliphatic carbocycles. The van der Waals surface area contributed by atoms with Gasteiger partial charge in [0.05, 0.1) is 19.3 Å². The van der Waals surface area contributed by atoms with Crippen LogP contribution >= 0.6 is 11.3 Å². The van der Waals surface area contributed by atoms with Crippen molar-refractivity contribution >= 4 is 11.3 Å². The van der Waals surface area contributed by atoms with Gasteiger partial charge >= 0.3 is 0 Å². The molecule has 7 heteroatoms. The van der Waals surface area contributed by atoms with Gasteiger partial charge in [0.15, 0.2) is 0 Å². The van der Waals surface area contributed by atoms with Crippen molar-refractivity contribution in [1.82, 2.24) is 19.7 Å². The van der Waals surface area contributed by atoms with Crippen molar-refractivity contribution in [2.45, 2.75) is 32.1 Å². The summed E-state index contributed by atoms with van der Waals surface area (Å²) in [5.74, 6) is 0.574. The highest BCUT2D eigenvalue weighted by atomic mass is 32.1. The summed E-state index contributed by atoms with van der Waals surface area (Å²) in [6.07, 6.45) is 5.30. The predicted octanol–water partition coefficient (Wildman–Crippen LogP) is 1.63. The lowest BCUT2D eigenvalue weighted by molar-refractivity contribution is 0.00282. The molecular formula is C16H24N4O2S. The molecule has 0 amide bonds. The number of aliphatic hydroxyl groups excluding tert-OH is 1. The molecule has 2 aromatic heterocycles. The van der Waals surface area contributed by atoms with E-state index in [1.54, 1.807) is 24.0 Å². The number of ether oxygens (including phenoxy) is 1. The van der Waals surface area contributed by atoms with Gasteiger partial charge in [0.1, 0.15) is 12.7 Å². The van der Waals surface area contributed by atoms with Gasteiger partial charge in [-0.15, -0.1) is 11.3 Å². The first-order valence-corrected chi connectivity index (χ1v) is 9.00. The number of aliphatic hydroxyl groups is 1. The van der Waals surface area contributed by atoms with Crippen LogP contribution in [-0.4, -0.2) is 57.1 Å². The summed E-state index contributed by atoms with van der Waals surface area (Å²) in [4.78, 5) is 7.53. The van der Waals surface area contributed by atoms with Crippen molar-refractivity contribution in [1.29, 1.82) is 0 Å². The molecule has 1 aliphatic rings. The number of thiophene rings is 1. The molecule has 126 valence electrons. The van der Waals surface area contributed by atoms with Crippen molar-refractivity contribution in [2.24, 2.45) is 5.92 Å². The molecule has 1 fully saturated rings. The van der Waals surface area contributed by atoms with Crippen LogP contribution in [0.15, 0.2) is 30.2 Å². The predicted molar refractivity (Wildman–Crippen MR) is 89.2 cm³/mol. The van der Waals surface area contributed by atoms with Crippen LogP contribution in [0, 0.1) is 5.92 Å². The molecule has 0 aromatic carbocycles. The van der Waals surface area contributed by atoms with E-state index in [4.69, 9.17) is 4.74 Å². The number of hydrogen-bond donors (Lipinski definition) is 1. The first-order chi connectivity index (χ1) is 11.3. The third-order valence-electron chi connectivity index (χ3n) is 4.12. The highest BCUT2D eigenvalue weighted by molar-refractivity contribution is 7.09. The number of piperidine rings is 1. The second-order valence-electron chi connectivity index (χ2n) is 6.13. The number of hydrogen-bond acceptors (Lipinski definition) is 6. The Labute approximate surface area is 140 Å². The Morgan fingerprint density at radius 2 is 2.43 bits per heavy atom. The van der Waals surface area contributed by atoms with Gasteiger partial charge in [-0.05, 0) is 36.8 Å². The van der Waals surface area contributed by atoms with E-state index in [2.05, 4.69) is 21.0 Å². The highest BCUT2D eigenvalue weighted by Gasteiger charge is 2.22. The molecule has 3 rings (SSSR count). The summed E-state index contributed by atoms with van der Waals surface area (Å²) >= 11 is 1.68. The van der Waals surface area contributed by atoms with Gasteiger partial charge in [-0.2, -0.15) is 5.10 Å². The van der Waals surface area contributed by atoms with Crippen LogP contribution in [0.2, 0.25) is 0 Å². The molecule has 3 heterocycles. The molecule has 0 saturated carbocycles. The molecule has 2 atom stereocenters. The van der Waals surface area contributed by atoms with Crippen LogP contribution in [0.25, 0.3) is 0 Å². The van der Waals surface area contributed by atoms with E-state index >= 15 is 0 Å². The van der Waals surface area contributed by atoms with E-state index in [1.807, 2.05) is 16.1 Å². The quantitative estimate of drug-likeness (QED) is 0.794. The van der Waals surface area contributed by atoms with Crippen molar-refractivity contribution in [3.8, 4) is 0 Å². The largest absolute Gasteiger partial charge is 0.389 e. The Hall–Kier alpha value is -1.28. The fourth-order valence-corrected chi connectivity index (χ4v) is 3.74. The Morgan fingerprint density at radius 1 is 1.48 bits per heavy atom. The maximum Gasteiger partial charge on any atom is 0.137 e. The third-order valence-corrected chi connectivity index (χ3v) is 4.97. The normalized spacial score (nSPS) is 20.7. The number of aromatic nitrogens is 3. The van der Waals surface area contributed by atoms with Gasteiger partial charge in [0, 0.05) is 24.5 Å².